The van der Waals surface area contributed by atoms with E-state index in [1.54, 1.807) is 77.0 Å². The van der Waals surface area contributed by atoms with Gasteiger partial charge in [0.15, 0.2) is 23.2 Å². The molecular weight excluding hydrogens is 614 g/mol. The molecule has 10 nitrogen and oxygen atoms in total. The Kier molecular flexibility index (Phi) is 8.92. The summed E-state index contributed by atoms with van der Waals surface area (Å²) in [4.78, 5) is 54.9. The van der Waals surface area contributed by atoms with E-state index in [0.717, 1.165) is 15.4 Å². The van der Waals surface area contributed by atoms with Crippen LogP contribution >= 0.6 is 23.4 Å². The summed E-state index contributed by atoms with van der Waals surface area (Å²) in [6, 6.07) is 24.9. The van der Waals surface area contributed by atoms with E-state index < -0.39 is 35.5 Å². The number of alkyl halides is 1. The van der Waals surface area contributed by atoms with E-state index in [-0.39, 0.29) is 23.2 Å². The maximum Gasteiger partial charge on any atom is 0.302 e. The van der Waals surface area contributed by atoms with Crippen LogP contribution in [0.3, 0.4) is 0 Å². The van der Waals surface area contributed by atoms with Gasteiger partial charge in [-0.05, 0) is 42.8 Å². The number of halogens is 1. The van der Waals surface area contributed by atoms with Crippen molar-refractivity contribution in [2.24, 2.45) is 0 Å². The number of fused-ring (bicyclic) bond motifs is 1. The predicted molar refractivity (Wildman–Crippen MR) is 170 cm³/mol. The Morgan fingerprint density at radius 2 is 1.53 bits per heavy atom. The van der Waals surface area contributed by atoms with E-state index in [9.17, 15) is 14.4 Å². The number of benzene rings is 3. The van der Waals surface area contributed by atoms with Crippen molar-refractivity contribution < 1.29 is 23.9 Å². The summed E-state index contributed by atoms with van der Waals surface area (Å²) < 4.78 is 13.4. The molecule has 0 unspecified atom stereocenters. The molecule has 5 aromatic rings. The molecule has 3 aromatic carbocycles. The van der Waals surface area contributed by atoms with Gasteiger partial charge in [0.05, 0.1) is 17.0 Å². The number of hydrogen-bond acceptors (Lipinski definition) is 9. The molecule has 6 rings (SSSR count). The molecule has 0 saturated carbocycles. The Morgan fingerprint density at radius 3 is 2.16 bits per heavy atom. The largest absolute Gasteiger partial charge is 0.463 e. The number of carbonyl (C=O) groups excluding carboxylic acids is 3. The Bertz CT molecular complexity index is 1800. The van der Waals surface area contributed by atoms with Crippen LogP contribution in [0.15, 0.2) is 102 Å². The highest BCUT2D eigenvalue weighted by Gasteiger charge is 2.46. The van der Waals surface area contributed by atoms with Gasteiger partial charge in [-0.3, -0.25) is 19.0 Å². The van der Waals surface area contributed by atoms with Crippen molar-refractivity contribution in [1.29, 1.82) is 0 Å². The first-order chi connectivity index (χ1) is 21.8. The average molecular weight is 642 g/mol. The minimum absolute atomic E-state index is 0.0252. The van der Waals surface area contributed by atoms with Crippen LogP contribution in [0.2, 0.25) is 0 Å². The summed E-state index contributed by atoms with van der Waals surface area (Å²) >= 11 is 8.54. The first-order valence-corrected chi connectivity index (χ1v) is 15.5. The number of ether oxygens (including phenoxy) is 2. The third-order valence-corrected chi connectivity index (χ3v) is 9.56. The van der Waals surface area contributed by atoms with Crippen LogP contribution in [0.1, 0.15) is 39.4 Å². The molecule has 12 heteroatoms. The average Bonchev–Trinajstić information content (AvgIpc) is 3.63. The maximum absolute atomic E-state index is 13.9. The second-order valence-corrected chi connectivity index (χ2v) is 12.1. The molecule has 2 amide bonds. The summed E-state index contributed by atoms with van der Waals surface area (Å²) in [7, 11) is 0. The normalized spacial score (nSPS) is 19.4. The zero-order valence-corrected chi connectivity index (χ0v) is 25.9. The van der Waals surface area contributed by atoms with Crippen LogP contribution in [0.25, 0.3) is 11.2 Å². The molecule has 0 bridgehead atoms. The molecule has 45 heavy (non-hydrogen) atoms. The minimum Gasteiger partial charge on any atom is -0.463 e. The number of aryl methyl sites for hydroxylation is 1. The number of esters is 1. The molecule has 0 radical (unpaired) electrons. The smallest absolute Gasteiger partial charge is 0.302 e. The fourth-order valence-corrected chi connectivity index (χ4v) is 6.84. The van der Waals surface area contributed by atoms with Gasteiger partial charge in [-0.15, -0.1) is 23.4 Å². The lowest BCUT2D eigenvalue weighted by Crippen LogP contribution is -2.38. The van der Waals surface area contributed by atoms with E-state index in [2.05, 4.69) is 15.0 Å². The maximum atomic E-state index is 13.9. The van der Waals surface area contributed by atoms with Gasteiger partial charge in [0.1, 0.15) is 19.0 Å². The van der Waals surface area contributed by atoms with Gasteiger partial charge in [0, 0.05) is 22.9 Å². The summed E-state index contributed by atoms with van der Waals surface area (Å²) in [5, 5.41) is -0.898. The number of carbonyl (C=O) groups is 3. The molecule has 0 N–H and O–H groups in total. The van der Waals surface area contributed by atoms with E-state index in [1.807, 2.05) is 31.2 Å². The SMILES string of the molecule is CC(=O)OC[C@H]1O[C@@H](n2cnc3c(N(C(=O)c4ccccc4)C(=O)c4ccccc4)ncnc32)[C@@H](Sc2ccccc2C)[C@@H]1Cl. The molecule has 1 saturated heterocycles. The van der Waals surface area contributed by atoms with Crippen molar-refractivity contribution in [3.63, 3.8) is 0 Å². The van der Waals surface area contributed by atoms with Crippen molar-refractivity contribution in [2.75, 3.05) is 11.5 Å². The highest BCUT2D eigenvalue weighted by atomic mass is 35.5. The van der Waals surface area contributed by atoms with E-state index in [0.29, 0.717) is 16.8 Å². The van der Waals surface area contributed by atoms with E-state index >= 15 is 0 Å². The van der Waals surface area contributed by atoms with E-state index in [4.69, 9.17) is 21.1 Å². The number of thioether (sulfide) groups is 1. The fourth-order valence-electron chi connectivity index (χ4n) is 5.11. The minimum atomic E-state index is -0.687. The highest BCUT2D eigenvalue weighted by Crippen LogP contribution is 2.45. The molecule has 0 spiro atoms. The lowest BCUT2D eigenvalue weighted by molar-refractivity contribution is -0.145. The van der Waals surface area contributed by atoms with Crippen molar-refractivity contribution in [2.45, 2.75) is 41.7 Å². The summed E-state index contributed by atoms with van der Waals surface area (Å²) in [5.41, 5.74) is 2.25. The zero-order valence-electron chi connectivity index (χ0n) is 24.3. The van der Waals surface area contributed by atoms with E-state index in [1.165, 1.54) is 19.6 Å². The predicted octanol–water partition coefficient (Wildman–Crippen LogP) is 5.85. The number of nitrogens with zero attached hydrogens (tertiary/aromatic N) is 5. The standard InChI is InChI=1S/C33H28ClN5O5S/c1-20-11-9-10-16-25(20)45-28-26(34)24(17-43-21(2)40)44-33(28)38-19-37-27-29(38)35-18-36-30(27)39(31(41)22-12-5-3-6-13-22)32(42)23-14-7-4-8-15-23/h3-16,18-19,24,26,28,33H,17H2,1-2H3/t24-,26-,28+,33-/m1/s1. The fraction of sp³-hybridized carbons (Fsp3) is 0.212. The van der Waals surface area contributed by atoms with Crippen LogP contribution < -0.4 is 4.90 Å². The lowest BCUT2D eigenvalue weighted by Gasteiger charge is -2.22. The second-order valence-electron chi connectivity index (χ2n) is 10.4. The zero-order chi connectivity index (χ0) is 31.5. The van der Waals surface area contributed by atoms with Gasteiger partial charge in [-0.2, -0.15) is 0 Å². The van der Waals surface area contributed by atoms with Crippen LogP contribution in [0.5, 0.6) is 0 Å². The number of amides is 2. The topological polar surface area (TPSA) is 117 Å². The first-order valence-electron chi connectivity index (χ1n) is 14.1. The van der Waals surface area contributed by atoms with Crippen LogP contribution in [0.4, 0.5) is 5.82 Å². The molecule has 228 valence electrons. The van der Waals surface area contributed by atoms with Gasteiger partial charge in [0.2, 0.25) is 0 Å². The molecule has 4 atom stereocenters. The first kappa shape index (κ1) is 30.4. The van der Waals surface area contributed by atoms with Crippen molar-refractivity contribution in [3.8, 4) is 0 Å². The van der Waals surface area contributed by atoms with Crippen LogP contribution in [0, 0.1) is 6.92 Å². The van der Waals surface area contributed by atoms with Gasteiger partial charge < -0.3 is 9.47 Å². The number of imide groups is 1. The van der Waals surface area contributed by atoms with Crippen molar-refractivity contribution in [3.05, 3.63) is 114 Å². The molecular formula is C33H28ClN5O5S. The molecule has 1 aliphatic rings. The summed E-state index contributed by atoms with van der Waals surface area (Å²) in [6.07, 6.45) is 1.52. The summed E-state index contributed by atoms with van der Waals surface area (Å²) in [6.45, 7) is 3.32. The van der Waals surface area contributed by atoms with Crippen molar-refractivity contribution in [1.82, 2.24) is 19.5 Å². The number of imidazole rings is 1. The highest BCUT2D eigenvalue weighted by molar-refractivity contribution is 8.00. The Balaban J connectivity index is 1.43. The third-order valence-electron chi connectivity index (χ3n) is 7.34. The number of rotatable bonds is 8. The monoisotopic (exact) mass is 641 g/mol. The van der Waals surface area contributed by atoms with Gasteiger partial charge in [-0.1, -0.05) is 54.6 Å². The number of aromatic nitrogens is 4. The lowest BCUT2D eigenvalue weighted by atomic mass is 10.1. The molecule has 1 aliphatic heterocycles. The second kappa shape index (κ2) is 13.2. The number of hydrogen-bond donors (Lipinski definition) is 0. The van der Waals surface area contributed by atoms with Crippen LogP contribution in [-0.2, 0) is 14.3 Å². The Hall–Kier alpha value is -4.58. The van der Waals surface area contributed by atoms with Gasteiger partial charge in [0.25, 0.3) is 11.8 Å². The molecule has 3 heterocycles. The van der Waals surface area contributed by atoms with Gasteiger partial charge >= 0.3 is 5.97 Å². The quantitative estimate of drug-likeness (QED) is 0.117. The third kappa shape index (κ3) is 6.19. The van der Waals surface area contributed by atoms with Gasteiger partial charge in [-0.25, -0.2) is 19.9 Å². The Labute approximate surface area is 268 Å². The van der Waals surface area contributed by atoms with Crippen LogP contribution in [-0.4, -0.2) is 60.6 Å². The number of anilines is 1. The van der Waals surface area contributed by atoms with Crippen molar-refractivity contribution >= 4 is 58.1 Å². The molecule has 2 aromatic heterocycles. The molecule has 1 fully saturated rings. The Morgan fingerprint density at radius 1 is 0.911 bits per heavy atom. The summed E-state index contributed by atoms with van der Waals surface area (Å²) in [5.74, 6) is -1.54. The molecule has 0 aliphatic carbocycles.